The second kappa shape index (κ2) is 10.9. The minimum absolute atomic E-state index is 0.843. The standard InChI is InChI=1S/C20H36O/c1-17(2)11-7-5-9-13-19-15-16-20(21-19)14-10-6-8-12-18(3)4/h15-18H,5-14H2,1-4H3. The maximum Gasteiger partial charge on any atom is 0.104 e. The first-order valence-electron chi connectivity index (χ1n) is 9.15. The molecule has 0 aromatic carbocycles. The third kappa shape index (κ3) is 9.77. The fourth-order valence-electron chi connectivity index (χ4n) is 2.75. The van der Waals surface area contributed by atoms with Gasteiger partial charge in [-0.2, -0.15) is 0 Å². The summed E-state index contributed by atoms with van der Waals surface area (Å²) < 4.78 is 5.94. The van der Waals surface area contributed by atoms with Crippen LogP contribution in [0.25, 0.3) is 0 Å². The first-order chi connectivity index (χ1) is 10.1. The fourth-order valence-corrected chi connectivity index (χ4v) is 2.75. The lowest BCUT2D eigenvalue weighted by molar-refractivity contribution is 0.440. The summed E-state index contributed by atoms with van der Waals surface area (Å²) in [5, 5.41) is 0. The molecule has 1 nitrogen and oxygen atoms in total. The summed E-state index contributed by atoms with van der Waals surface area (Å²) in [7, 11) is 0. The van der Waals surface area contributed by atoms with Gasteiger partial charge in [0.15, 0.2) is 0 Å². The molecule has 0 bridgehead atoms. The van der Waals surface area contributed by atoms with E-state index in [9.17, 15) is 0 Å². The van der Waals surface area contributed by atoms with Crippen molar-refractivity contribution in [3.05, 3.63) is 23.7 Å². The van der Waals surface area contributed by atoms with Gasteiger partial charge in [-0.1, -0.05) is 66.2 Å². The molecule has 1 heteroatoms. The molecule has 0 radical (unpaired) electrons. The summed E-state index contributed by atoms with van der Waals surface area (Å²) in [6.45, 7) is 9.22. The summed E-state index contributed by atoms with van der Waals surface area (Å²) in [6, 6.07) is 4.37. The van der Waals surface area contributed by atoms with Gasteiger partial charge in [-0.15, -0.1) is 0 Å². The molecule has 0 saturated heterocycles. The van der Waals surface area contributed by atoms with E-state index in [4.69, 9.17) is 4.42 Å². The van der Waals surface area contributed by atoms with Crippen molar-refractivity contribution in [1.82, 2.24) is 0 Å². The van der Waals surface area contributed by atoms with E-state index in [1.54, 1.807) is 0 Å². The Morgan fingerprint density at radius 2 is 1.10 bits per heavy atom. The maximum atomic E-state index is 5.94. The van der Waals surface area contributed by atoms with E-state index in [-0.39, 0.29) is 0 Å². The van der Waals surface area contributed by atoms with Crippen LogP contribution in [0.1, 0.15) is 90.6 Å². The summed E-state index contributed by atoms with van der Waals surface area (Å²) >= 11 is 0. The fraction of sp³-hybridized carbons (Fsp3) is 0.800. The largest absolute Gasteiger partial charge is 0.466 e. The molecule has 1 heterocycles. The van der Waals surface area contributed by atoms with Crippen molar-refractivity contribution < 1.29 is 4.42 Å². The molecule has 1 aromatic heterocycles. The molecule has 0 spiro atoms. The van der Waals surface area contributed by atoms with Crippen molar-refractivity contribution in [2.75, 3.05) is 0 Å². The Morgan fingerprint density at radius 1 is 0.667 bits per heavy atom. The molecular formula is C20H36O. The van der Waals surface area contributed by atoms with Crippen LogP contribution in [0.4, 0.5) is 0 Å². The van der Waals surface area contributed by atoms with Crippen LogP contribution in [0.15, 0.2) is 16.5 Å². The number of hydrogen-bond donors (Lipinski definition) is 0. The van der Waals surface area contributed by atoms with Crippen molar-refractivity contribution in [2.45, 2.75) is 91.9 Å². The van der Waals surface area contributed by atoms with Crippen LogP contribution in [0.3, 0.4) is 0 Å². The van der Waals surface area contributed by atoms with E-state index in [0.29, 0.717) is 0 Å². The molecule has 0 saturated carbocycles. The zero-order chi connectivity index (χ0) is 15.5. The molecule has 122 valence electrons. The second-order valence-electron chi connectivity index (χ2n) is 7.35. The quantitative estimate of drug-likeness (QED) is 0.386. The maximum absolute atomic E-state index is 5.94. The van der Waals surface area contributed by atoms with Crippen LogP contribution >= 0.6 is 0 Å². The summed E-state index contributed by atoms with van der Waals surface area (Å²) in [4.78, 5) is 0. The normalized spacial score (nSPS) is 11.7. The van der Waals surface area contributed by atoms with Gasteiger partial charge >= 0.3 is 0 Å². The molecule has 0 N–H and O–H groups in total. The van der Waals surface area contributed by atoms with Crippen molar-refractivity contribution in [1.29, 1.82) is 0 Å². The topological polar surface area (TPSA) is 13.1 Å². The summed E-state index contributed by atoms with van der Waals surface area (Å²) in [5.74, 6) is 4.07. The van der Waals surface area contributed by atoms with E-state index >= 15 is 0 Å². The lowest BCUT2D eigenvalue weighted by Crippen LogP contribution is -1.89. The SMILES string of the molecule is CC(C)CCCCCc1ccc(CCCCCC(C)C)o1. The highest BCUT2D eigenvalue weighted by Gasteiger charge is 2.03. The van der Waals surface area contributed by atoms with Crippen LogP contribution in [0.5, 0.6) is 0 Å². The predicted molar refractivity (Wildman–Crippen MR) is 92.7 cm³/mol. The molecule has 0 atom stereocenters. The van der Waals surface area contributed by atoms with Crippen LogP contribution < -0.4 is 0 Å². The lowest BCUT2D eigenvalue weighted by Gasteiger charge is -2.04. The van der Waals surface area contributed by atoms with Gasteiger partial charge in [0.25, 0.3) is 0 Å². The van der Waals surface area contributed by atoms with E-state index < -0.39 is 0 Å². The van der Waals surface area contributed by atoms with E-state index in [0.717, 1.165) is 24.7 Å². The van der Waals surface area contributed by atoms with Crippen molar-refractivity contribution in [3.8, 4) is 0 Å². The first kappa shape index (κ1) is 18.3. The van der Waals surface area contributed by atoms with Gasteiger partial charge in [0.05, 0.1) is 0 Å². The first-order valence-corrected chi connectivity index (χ1v) is 9.15. The van der Waals surface area contributed by atoms with Crippen molar-refractivity contribution in [3.63, 3.8) is 0 Å². The van der Waals surface area contributed by atoms with Crippen LogP contribution in [-0.4, -0.2) is 0 Å². The third-order valence-corrected chi connectivity index (χ3v) is 4.13. The highest BCUT2D eigenvalue weighted by Crippen LogP contribution is 2.16. The molecule has 0 amide bonds. The summed E-state index contributed by atoms with van der Waals surface area (Å²) in [6.07, 6.45) is 12.9. The summed E-state index contributed by atoms with van der Waals surface area (Å²) in [5.41, 5.74) is 0. The number of rotatable bonds is 12. The van der Waals surface area contributed by atoms with Gasteiger partial charge in [0.1, 0.15) is 11.5 Å². The Hall–Kier alpha value is -0.720. The molecule has 0 aliphatic heterocycles. The lowest BCUT2D eigenvalue weighted by atomic mass is 10.0. The molecular weight excluding hydrogens is 256 g/mol. The Morgan fingerprint density at radius 3 is 1.48 bits per heavy atom. The van der Waals surface area contributed by atoms with Gasteiger partial charge in [-0.25, -0.2) is 0 Å². The third-order valence-electron chi connectivity index (χ3n) is 4.13. The zero-order valence-electron chi connectivity index (χ0n) is 14.8. The Balaban J connectivity index is 2.07. The molecule has 0 aliphatic rings. The van der Waals surface area contributed by atoms with Crippen molar-refractivity contribution >= 4 is 0 Å². The minimum Gasteiger partial charge on any atom is -0.466 e. The van der Waals surface area contributed by atoms with Crippen molar-refractivity contribution in [2.24, 2.45) is 11.8 Å². The Labute approximate surface area is 132 Å². The molecule has 21 heavy (non-hydrogen) atoms. The van der Waals surface area contributed by atoms with E-state index in [1.165, 1.54) is 62.9 Å². The minimum atomic E-state index is 0.843. The van der Waals surface area contributed by atoms with Gasteiger partial charge in [0, 0.05) is 12.8 Å². The Bertz CT molecular complexity index is 316. The number of furan rings is 1. The van der Waals surface area contributed by atoms with E-state index in [2.05, 4.69) is 39.8 Å². The molecule has 0 unspecified atom stereocenters. The molecule has 0 fully saturated rings. The molecule has 1 aromatic rings. The van der Waals surface area contributed by atoms with Crippen LogP contribution in [0, 0.1) is 11.8 Å². The Kier molecular flexibility index (Phi) is 9.54. The van der Waals surface area contributed by atoms with Crippen LogP contribution in [0.2, 0.25) is 0 Å². The average molecular weight is 293 g/mol. The number of aryl methyl sites for hydroxylation is 2. The van der Waals surface area contributed by atoms with Gasteiger partial charge in [-0.3, -0.25) is 0 Å². The highest BCUT2D eigenvalue weighted by molar-refractivity contribution is 5.07. The van der Waals surface area contributed by atoms with E-state index in [1.807, 2.05) is 0 Å². The second-order valence-corrected chi connectivity index (χ2v) is 7.35. The zero-order valence-corrected chi connectivity index (χ0v) is 14.8. The van der Waals surface area contributed by atoms with Gasteiger partial charge < -0.3 is 4.42 Å². The van der Waals surface area contributed by atoms with Gasteiger partial charge in [-0.05, 0) is 36.8 Å². The average Bonchev–Trinajstić information content (AvgIpc) is 2.85. The number of unbranched alkanes of at least 4 members (excludes halogenated alkanes) is 4. The highest BCUT2D eigenvalue weighted by atomic mass is 16.3. The monoisotopic (exact) mass is 292 g/mol. The van der Waals surface area contributed by atoms with Crippen LogP contribution in [-0.2, 0) is 12.8 Å². The molecule has 0 aliphatic carbocycles. The smallest absolute Gasteiger partial charge is 0.104 e. The number of hydrogen-bond acceptors (Lipinski definition) is 1. The van der Waals surface area contributed by atoms with Gasteiger partial charge in [0.2, 0.25) is 0 Å². The predicted octanol–water partition coefficient (Wildman–Crippen LogP) is 6.80. The molecule has 1 rings (SSSR count).